The van der Waals surface area contributed by atoms with E-state index in [1.54, 1.807) is 30.3 Å². The highest BCUT2D eigenvalue weighted by Crippen LogP contribution is 2.39. The van der Waals surface area contributed by atoms with Crippen molar-refractivity contribution in [2.45, 2.75) is 0 Å². The average Bonchev–Trinajstić information content (AvgIpc) is 3.35. The van der Waals surface area contributed by atoms with E-state index in [-0.39, 0.29) is 46.9 Å². The molecule has 0 spiro atoms. The summed E-state index contributed by atoms with van der Waals surface area (Å²) >= 11 is 0. The largest absolute Gasteiger partial charge is 0.494 e. The van der Waals surface area contributed by atoms with Crippen LogP contribution < -0.4 is 29.6 Å². The van der Waals surface area contributed by atoms with Crippen molar-refractivity contribution in [1.29, 1.82) is 0 Å². The number of nitro groups is 1. The van der Waals surface area contributed by atoms with Crippen LogP contribution in [0.2, 0.25) is 0 Å². The molecule has 2 N–H and O–H groups in total. The second-order valence-corrected chi connectivity index (χ2v) is 7.42. The number of ether oxygens (including phenoxy) is 4. The van der Waals surface area contributed by atoms with Crippen molar-refractivity contribution < 1.29 is 33.5 Å². The lowest BCUT2D eigenvalue weighted by Crippen LogP contribution is -2.14. The number of nitrogens with zero attached hydrogens (tertiary/aromatic N) is 1. The van der Waals surface area contributed by atoms with E-state index in [1.165, 1.54) is 44.6 Å². The summed E-state index contributed by atoms with van der Waals surface area (Å²) in [5.74, 6) is 0.227. The Morgan fingerprint density at radius 1 is 0.944 bits per heavy atom. The molecule has 11 heteroatoms. The van der Waals surface area contributed by atoms with E-state index >= 15 is 0 Å². The van der Waals surface area contributed by atoms with Gasteiger partial charge in [0.25, 0.3) is 11.6 Å². The number of carbonyl (C=O) groups is 2. The third kappa shape index (κ3) is 5.20. The quantitative estimate of drug-likeness (QED) is 0.271. The number of amides is 2. The zero-order valence-electron chi connectivity index (χ0n) is 19.3. The van der Waals surface area contributed by atoms with Crippen molar-refractivity contribution in [3.8, 4) is 23.0 Å². The number of nitrogens with one attached hydrogen (secondary N) is 2. The molecule has 0 unspecified atom stereocenters. The second-order valence-electron chi connectivity index (χ2n) is 7.42. The summed E-state index contributed by atoms with van der Waals surface area (Å²) < 4.78 is 21.2. The molecular weight excluding hydrogens is 470 g/mol. The normalized spacial score (nSPS) is 11.7. The zero-order valence-corrected chi connectivity index (χ0v) is 19.3. The lowest BCUT2D eigenvalue weighted by atomic mass is 10.1. The topological polar surface area (TPSA) is 138 Å². The molecule has 184 valence electrons. The first-order chi connectivity index (χ1) is 17.4. The van der Waals surface area contributed by atoms with E-state index in [9.17, 15) is 19.7 Å². The standard InChI is InChI=1S/C25H21N3O8/c1-33-20-12-18(27-25(30)15-6-4-3-5-7-15)21(34-2)11-17(20)26-24(29)9-8-16-10-22-23(36-14-35-22)13-19(16)28(31)32/h3-13H,14H2,1-2H3,(H,26,29)(H,27,30)/b9-8+. The molecule has 1 aliphatic heterocycles. The fourth-order valence-electron chi connectivity index (χ4n) is 3.46. The first-order valence-electron chi connectivity index (χ1n) is 10.6. The van der Waals surface area contributed by atoms with Crippen LogP contribution in [0.1, 0.15) is 15.9 Å². The van der Waals surface area contributed by atoms with Gasteiger partial charge < -0.3 is 29.6 Å². The van der Waals surface area contributed by atoms with Gasteiger partial charge in [0.15, 0.2) is 11.5 Å². The number of methoxy groups -OCH3 is 2. The molecule has 1 aliphatic rings. The summed E-state index contributed by atoms with van der Waals surface area (Å²) in [4.78, 5) is 36.0. The van der Waals surface area contributed by atoms with Crippen LogP contribution in [0, 0.1) is 10.1 Å². The van der Waals surface area contributed by atoms with Crippen LogP contribution in [0.4, 0.5) is 17.1 Å². The molecule has 0 saturated carbocycles. The Morgan fingerprint density at radius 2 is 1.56 bits per heavy atom. The van der Waals surface area contributed by atoms with Gasteiger partial charge in [0, 0.05) is 23.8 Å². The van der Waals surface area contributed by atoms with E-state index in [1.807, 2.05) is 0 Å². The molecule has 11 nitrogen and oxygen atoms in total. The highest BCUT2D eigenvalue weighted by Gasteiger charge is 2.22. The third-order valence-electron chi connectivity index (χ3n) is 5.20. The van der Waals surface area contributed by atoms with Crippen molar-refractivity contribution in [3.05, 3.63) is 81.9 Å². The Hall–Kier alpha value is -5.06. The van der Waals surface area contributed by atoms with Gasteiger partial charge >= 0.3 is 0 Å². The summed E-state index contributed by atoms with van der Waals surface area (Å²) in [6.45, 7) is -0.0381. The minimum absolute atomic E-state index is 0.0381. The minimum atomic E-state index is -0.580. The molecule has 1 heterocycles. The minimum Gasteiger partial charge on any atom is -0.494 e. The maximum atomic E-state index is 12.6. The predicted molar refractivity (Wildman–Crippen MR) is 131 cm³/mol. The number of rotatable bonds is 8. The molecular formula is C25H21N3O8. The molecule has 4 rings (SSSR count). The van der Waals surface area contributed by atoms with Gasteiger partial charge in [-0.3, -0.25) is 19.7 Å². The molecule has 0 aromatic heterocycles. The molecule has 0 radical (unpaired) electrons. The number of anilines is 2. The van der Waals surface area contributed by atoms with Crippen LogP contribution in [0.5, 0.6) is 23.0 Å². The van der Waals surface area contributed by atoms with Gasteiger partial charge in [0.05, 0.1) is 42.1 Å². The second kappa shape index (κ2) is 10.5. The zero-order chi connectivity index (χ0) is 25.7. The number of fused-ring (bicyclic) bond motifs is 1. The fourth-order valence-corrected chi connectivity index (χ4v) is 3.46. The highest BCUT2D eigenvalue weighted by atomic mass is 16.7. The van der Waals surface area contributed by atoms with Gasteiger partial charge in [-0.05, 0) is 24.3 Å². The van der Waals surface area contributed by atoms with E-state index in [0.29, 0.717) is 17.0 Å². The van der Waals surface area contributed by atoms with Gasteiger partial charge in [0.2, 0.25) is 12.7 Å². The van der Waals surface area contributed by atoms with Gasteiger partial charge in [-0.25, -0.2) is 0 Å². The maximum Gasteiger partial charge on any atom is 0.280 e. The molecule has 0 atom stereocenters. The SMILES string of the molecule is COc1cc(NC(=O)c2ccccc2)c(OC)cc1NC(=O)/C=C/c1cc2c(cc1[N+](=O)[O-])OCO2. The number of nitro benzene ring substituents is 1. The van der Waals surface area contributed by atoms with Crippen LogP contribution in [0.15, 0.2) is 60.7 Å². The maximum absolute atomic E-state index is 12.6. The Balaban J connectivity index is 1.55. The summed E-state index contributed by atoms with van der Waals surface area (Å²) in [5.41, 5.74) is 0.997. The van der Waals surface area contributed by atoms with Crippen LogP contribution in [0.25, 0.3) is 6.08 Å². The Morgan fingerprint density at radius 3 is 2.17 bits per heavy atom. The fraction of sp³-hybridized carbons (Fsp3) is 0.120. The molecule has 2 amide bonds. The summed E-state index contributed by atoms with van der Waals surface area (Å²) in [6.07, 6.45) is 2.44. The van der Waals surface area contributed by atoms with Crippen LogP contribution in [-0.4, -0.2) is 37.8 Å². The molecule has 0 aliphatic carbocycles. The molecule has 0 saturated heterocycles. The van der Waals surface area contributed by atoms with Gasteiger partial charge in [-0.1, -0.05) is 18.2 Å². The lowest BCUT2D eigenvalue weighted by molar-refractivity contribution is -0.385. The Labute approximate surface area is 205 Å². The van der Waals surface area contributed by atoms with Crippen molar-refractivity contribution in [1.82, 2.24) is 0 Å². The monoisotopic (exact) mass is 491 g/mol. The van der Waals surface area contributed by atoms with Crippen molar-refractivity contribution in [2.75, 3.05) is 31.6 Å². The van der Waals surface area contributed by atoms with Gasteiger partial charge in [-0.15, -0.1) is 0 Å². The predicted octanol–water partition coefficient (Wildman–Crippen LogP) is 4.24. The molecule has 3 aromatic rings. The van der Waals surface area contributed by atoms with E-state index in [0.717, 1.165) is 6.08 Å². The van der Waals surface area contributed by atoms with E-state index < -0.39 is 10.8 Å². The summed E-state index contributed by atoms with van der Waals surface area (Å²) in [6, 6.07) is 14.3. The number of benzene rings is 3. The molecule has 36 heavy (non-hydrogen) atoms. The van der Waals surface area contributed by atoms with Crippen LogP contribution in [0.3, 0.4) is 0 Å². The van der Waals surface area contributed by atoms with Gasteiger partial charge in [-0.2, -0.15) is 0 Å². The first-order valence-corrected chi connectivity index (χ1v) is 10.6. The molecule has 0 bridgehead atoms. The highest BCUT2D eigenvalue weighted by molar-refractivity contribution is 6.06. The number of hydrogen-bond acceptors (Lipinski definition) is 8. The van der Waals surface area contributed by atoms with E-state index in [4.69, 9.17) is 18.9 Å². The summed E-state index contributed by atoms with van der Waals surface area (Å²) in [5, 5.41) is 16.8. The van der Waals surface area contributed by atoms with Crippen molar-refractivity contribution in [2.24, 2.45) is 0 Å². The van der Waals surface area contributed by atoms with Crippen molar-refractivity contribution in [3.63, 3.8) is 0 Å². The molecule has 3 aromatic carbocycles. The third-order valence-corrected chi connectivity index (χ3v) is 5.20. The Kier molecular flexibility index (Phi) is 7.00. The van der Waals surface area contributed by atoms with Crippen LogP contribution >= 0.6 is 0 Å². The smallest absolute Gasteiger partial charge is 0.280 e. The van der Waals surface area contributed by atoms with Gasteiger partial charge in [0.1, 0.15) is 11.5 Å². The average molecular weight is 491 g/mol. The summed E-state index contributed by atoms with van der Waals surface area (Å²) in [7, 11) is 2.83. The Bertz CT molecular complexity index is 1360. The van der Waals surface area contributed by atoms with E-state index in [2.05, 4.69) is 10.6 Å². The van der Waals surface area contributed by atoms with Crippen molar-refractivity contribution >= 4 is 35.0 Å². The molecule has 0 fully saturated rings. The number of carbonyl (C=O) groups excluding carboxylic acids is 2. The lowest BCUT2D eigenvalue weighted by Gasteiger charge is -2.16. The van der Waals surface area contributed by atoms with Crippen LogP contribution in [-0.2, 0) is 4.79 Å². The number of hydrogen-bond donors (Lipinski definition) is 2. The first kappa shape index (κ1) is 24.1.